The third-order valence-electron chi connectivity index (χ3n) is 3.98. The summed E-state index contributed by atoms with van der Waals surface area (Å²) in [5, 5.41) is 2.98. The van der Waals surface area contributed by atoms with Crippen molar-refractivity contribution in [3.8, 4) is 5.75 Å². The fraction of sp³-hybridized carbons (Fsp3) is 0.421. The van der Waals surface area contributed by atoms with E-state index in [1.54, 1.807) is 11.3 Å². The molecule has 0 aliphatic heterocycles. The van der Waals surface area contributed by atoms with Crippen molar-refractivity contribution in [3.63, 3.8) is 0 Å². The van der Waals surface area contributed by atoms with Crippen LogP contribution in [-0.2, 0) is 0 Å². The van der Waals surface area contributed by atoms with Gasteiger partial charge in [-0.3, -0.25) is 4.79 Å². The van der Waals surface area contributed by atoms with E-state index in [0.717, 1.165) is 35.0 Å². The molecular formula is C19H26N2O2S. The molecule has 1 heterocycles. The molecule has 0 spiro atoms. The number of thiophene rings is 1. The van der Waals surface area contributed by atoms with Crippen molar-refractivity contribution in [2.24, 2.45) is 0 Å². The minimum Gasteiger partial charge on any atom is -0.490 e. The maximum Gasteiger partial charge on any atom is 0.256 e. The van der Waals surface area contributed by atoms with Crippen LogP contribution in [-0.4, -0.2) is 37.0 Å². The Morgan fingerprint density at radius 3 is 2.54 bits per heavy atom. The van der Waals surface area contributed by atoms with E-state index < -0.39 is 0 Å². The van der Waals surface area contributed by atoms with E-state index in [2.05, 4.69) is 24.1 Å². The highest BCUT2D eigenvalue weighted by Crippen LogP contribution is 2.26. The number of carbonyl (C=O) groups excluding carboxylic acids is 1. The van der Waals surface area contributed by atoms with Gasteiger partial charge >= 0.3 is 0 Å². The zero-order valence-electron chi connectivity index (χ0n) is 14.9. The number of nitrogens with zero attached hydrogens (tertiary/aromatic N) is 1. The number of carbonyl (C=O) groups is 1. The molecule has 5 heteroatoms. The molecule has 1 aromatic heterocycles. The van der Waals surface area contributed by atoms with Gasteiger partial charge in [0.05, 0.1) is 11.3 Å². The van der Waals surface area contributed by atoms with E-state index >= 15 is 0 Å². The van der Waals surface area contributed by atoms with Gasteiger partial charge in [-0.15, -0.1) is 11.3 Å². The van der Waals surface area contributed by atoms with E-state index in [-0.39, 0.29) is 5.91 Å². The van der Waals surface area contributed by atoms with Gasteiger partial charge in [0.15, 0.2) is 0 Å². The molecule has 1 amide bonds. The van der Waals surface area contributed by atoms with E-state index in [4.69, 9.17) is 4.74 Å². The van der Waals surface area contributed by atoms with Crippen LogP contribution in [0.15, 0.2) is 30.3 Å². The predicted molar refractivity (Wildman–Crippen MR) is 101 cm³/mol. The largest absolute Gasteiger partial charge is 0.490 e. The van der Waals surface area contributed by atoms with E-state index in [1.165, 1.54) is 0 Å². The molecule has 0 unspecified atom stereocenters. The average molecular weight is 346 g/mol. The first-order valence-electron chi connectivity index (χ1n) is 8.37. The molecule has 130 valence electrons. The van der Waals surface area contributed by atoms with Crippen molar-refractivity contribution in [3.05, 3.63) is 45.6 Å². The van der Waals surface area contributed by atoms with E-state index in [1.807, 2.05) is 44.2 Å². The summed E-state index contributed by atoms with van der Waals surface area (Å²) in [6, 6.07) is 9.52. The highest BCUT2D eigenvalue weighted by atomic mass is 32.1. The minimum absolute atomic E-state index is 0.0864. The van der Waals surface area contributed by atoms with E-state index in [0.29, 0.717) is 18.0 Å². The molecule has 1 aromatic carbocycles. The Labute approximate surface area is 148 Å². The van der Waals surface area contributed by atoms with Crippen LogP contribution in [0, 0.1) is 13.8 Å². The molecule has 2 rings (SSSR count). The summed E-state index contributed by atoms with van der Waals surface area (Å²) < 4.78 is 5.89. The lowest BCUT2D eigenvalue weighted by atomic mass is 10.2. The Morgan fingerprint density at radius 1 is 1.21 bits per heavy atom. The monoisotopic (exact) mass is 346 g/mol. The van der Waals surface area contributed by atoms with Crippen LogP contribution in [0.1, 0.15) is 34.0 Å². The smallest absolute Gasteiger partial charge is 0.256 e. The van der Waals surface area contributed by atoms with Gasteiger partial charge in [-0.25, -0.2) is 0 Å². The molecule has 0 aliphatic carbocycles. The van der Waals surface area contributed by atoms with Crippen molar-refractivity contribution < 1.29 is 9.53 Å². The topological polar surface area (TPSA) is 41.6 Å². The Bertz CT molecular complexity index is 678. The molecule has 0 saturated heterocycles. The fourth-order valence-corrected chi connectivity index (χ4v) is 3.49. The highest BCUT2D eigenvalue weighted by Gasteiger charge is 2.14. The molecule has 0 aliphatic rings. The third kappa shape index (κ3) is 4.82. The van der Waals surface area contributed by atoms with Crippen LogP contribution >= 0.6 is 11.3 Å². The second kappa shape index (κ2) is 8.85. The van der Waals surface area contributed by atoms with Gasteiger partial charge in [-0.05, 0) is 45.1 Å². The maximum atomic E-state index is 12.5. The van der Waals surface area contributed by atoms with Crippen molar-refractivity contribution >= 4 is 22.9 Å². The molecule has 0 bridgehead atoms. The Balaban J connectivity index is 2.03. The number of likely N-dealkylation sites (N-methyl/N-ethyl adjacent to an activating group) is 1. The zero-order chi connectivity index (χ0) is 17.5. The van der Waals surface area contributed by atoms with Crippen molar-refractivity contribution in [2.75, 3.05) is 31.6 Å². The number of hydrogen-bond acceptors (Lipinski definition) is 4. The quantitative estimate of drug-likeness (QED) is 0.773. The number of benzene rings is 1. The number of rotatable bonds is 8. The summed E-state index contributed by atoms with van der Waals surface area (Å²) in [7, 11) is 0. The predicted octanol–water partition coefficient (Wildman–Crippen LogP) is 4.34. The second-order valence-corrected chi connectivity index (χ2v) is 7.11. The summed E-state index contributed by atoms with van der Waals surface area (Å²) in [5.74, 6) is 0.624. The molecule has 24 heavy (non-hydrogen) atoms. The summed E-state index contributed by atoms with van der Waals surface area (Å²) in [6.07, 6.45) is 0. The normalized spacial score (nSPS) is 10.9. The summed E-state index contributed by atoms with van der Waals surface area (Å²) in [5.41, 5.74) is 1.45. The highest BCUT2D eigenvalue weighted by molar-refractivity contribution is 7.12. The fourth-order valence-electron chi connectivity index (χ4n) is 2.57. The summed E-state index contributed by atoms with van der Waals surface area (Å²) in [4.78, 5) is 17.0. The molecule has 0 saturated carbocycles. The Morgan fingerprint density at radius 2 is 1.92 bits per heavy atom. The van der Waals surface area contributed by atoms with Crippen LogP contribution in [0.5, 0.6) is 5.75 Å². The number of ether oxygens (including phenoxy) is 1. The number of anilines is 1. The molecular weight excluding hydrogens is 320 g/mol. The standard InChI is InChI=1S/C19H26N2O2S/c1-5-21(6-2)11-12-23-18-10-8-7-9-17(18)20-19(22)16-13-14(3)24-15(16)4/h7-10,13H,5-6,11-12H2,1-4H3,(H,20,22). The molecule has 0 radical (unpaired) electrons. The summed E-state index contributed by atoms with van der Waals surface area (Å²) in [6.45, 7) is 11.8. The Hall–Kier alpha value is -1.85. The Kier molecular flexibility index (Phi) is 6.82. The minimum atomic E-state index is -0.0864. The second-order valence-electron chi connectivity index (χ2n) is 5.65. The zero-order valence-corrected chi connectivity index (χ0v) is 15.7. The number of para-hydroxylation sites is 2. The van der Waals surface area contributed by atoms with Crippen LogP contribution in [0.4, 0.5) is 5.69 Å². The first kappa shape index (κ1) is 18.5. The third-order valence-corrected chi connectivity index (χ3v) is 4.95. The van der Waals surface area contributed by atoms with Gasteiger partial charge in [0.25, 0.3) is 5.91 Å². The molecule has 4 nitrogen and oxygen atoms in total. The van der Waals surface area contributed by atoms with E-state index in [9.17, 15) is 4.79 Å². The van der Waals surface area contributed by atoms with Crippen molar-refractivity contribution in [1.82, 2.24) is 4.90 Å². The lowest BCUT2D eigenvalue weighted by molar-refractivity contribution is 0.102. The molecule has 2 aromatic rings. The van der Waals surface area contributed by atoms with Gasteiger partial charge in [0, 0.05) is 16.3 Å². The molecule has 0 atom stereocenters. The number of aryl methyl sites for hydroxylation is 2. The van der Waals surface area contributed by atoms with Gasteiger partial charge in [0.1, 0.15) is 12.4 Å². The van der Waals surface area contributed by atoms with Crippen molar-refractivity contribution in [1.29, 1.82) is 0 Å². The van der Waals surface area contributed by atoms with Crippen molar-refractivity contribution in [2.45, 2.75) is 27.7 Å². The van der Waals surface area contributed by atoms with Crippen LogP contribution < -0.4 is 10.1 Å². The number of amides is 1. The number of nitrogens with one attached hydrogen (secondary N) is 1. The lowest BCUT2D eigenvalue weighted by Crippen LogP contribution is -2.28. The average Bonchev–Trinajstić information content (AvgIpc) is 2.91. The van der Waals surface area contributed by atoms with Gasteiger partial charge in [-0.2, -0.15) is 0 Å². The first-order chi connectivity index (χ1) is 11.5. The van der Waals surface area contributed by atoms with Crippen LogP contribution in [0.2, 0.25) is 0 Å². The van der Waals surface area contributed by atoms with Gasteiger partial charge in [-0.1, -0.05) is 26.0 Å². The number of hydrogen-bond donors (Lipinski definition) is 1. The molecule has 1 N–H and O–H groups in total. The maximum absolute atomic E-state index is 12.5. The van der Waals surface area contributed by atoms with Gasteiger partial charge in [0.2, 0.25) is 0 Å². The van der Waals surface area contributed by atoms with Crippen LogP contribution in [0.25, 0.3) is 0 Å². The molecule has 0 fully saturated rings. The van der Waals surface area contributed by atoms with Gasteiger partial charge < -0.3 is 15.0 Å². The first-order valence-corrected chi connectivity index (χ1v) is 9.19. The summed E-state index contributed by atoms with van der Waals surface area (Å²) >= 11 is 1.64. The lowest BCUT2D eigenvalue weighted by Gasteiger charge is -2.19. The SMILES string of the molecule is CCN(CC)CCOc1ccccc1NC(=O)c1cc(C)sc1C. The van der Waals surface area contributed by atoms with Crippen LogP contribution in [0.3, 0.4) is 0 Å².